The van der Waals surface area contributed by atoms with Crippen LogP contribution in [0.4, 0.5) is 0 Å². The summed E-state index contributed by atoms with van der Waals surface area (Å²) in [5.41, 5.74) is 5.02. The zero-order valence-electron chi connectivity index (χ0n) is 31.9. The van der Waals surface area contributed by atoms with E-state index in [9.17, 15) is 4.79 Å². The Morgan fingerprint density at radius 2 is 1.59 bits per heavy atom. The monoisotopic (exact) mass is 668 g/mol. The summed E-state index contributed by atoms with van der Waals surface area (Å²) in [7, 11) is -4.02. The van der Waals surface area contributed by atoms with Crippen molar-refractivity contribution in [1.82, 2.24) is 0 Å². The van der Waals surface area contributed by atoms with Crippen molar-refractivity contribution < 1.29 is 18.4 Å². The first-order valence-corrected chi connectivity index (χ1v) is 24.1. The van der Waals surface area contributed by atoms with Gasteiger partial charge in [0.2, 0.25) is 0 Å². The molecule has 0 aromatic rings. The summed E-state index contributed by atoms with van der Waals surface area (Å²) in [6, 6.07) is 0. The molecule has 0 spiro atoms. The van der Waals surface area contributed by atoms with Crippen molar-refractivity contribution in [1.29, 1.82) is 0 Å². The summed E-state index contributed by atoms with van der Waals surface area (Å²) in [4.78, 5) is 12.0. The van der Waals surface area contributed by atoms with E-state index in [1.807, 2.05) is 0 Å². The smallest absolute Gasteiger partial charge is 0.333 e. The van der Waals surface area contributed by atoms with Crippen LogP contribution in [0.2, 0.25) is 36.3 Å². The van der Waals surface area contributed by atoms with Crippen molar-refractivity contribution in [3.05, 3.63) is 47.6 Å². The van der Waals surface area contributed by atoms with Crippen LogP contribution >= 0.6 is 0 Å². The molecule has 4 rings (SSSR count). The van der Waals surface area contributed by atoms with Crippen LogP contribution in [-0.2, 0) is 18.4 Å². The Morgan fingerprint density at radius 1 is 0.978 bits per heavy atom. The zero-order valence-corrected chi connectivity index (χ0v) is 33.9. The second kappa shape index (κ2) is 13.2. The van der Waals surface area contributed by atoms with Crippen LogP contribution < -0.4 is 0 Å². The number of hydrogen-bond acceptors (Lipinski definition) is 4. The number of allylic oxidation sites excluding steroid dienone is 3. The average molecular weight is 669 g/mol. The molecule has 4 fully saturated rings. The maximum absolute atomic E-state index is 12.0. The van der Waals surface area contributed by atoms with Gasteiger partial charge in [0.05, 0.1) is 12.2 Å². The van der Waals surface area contributed by atoms with Gasteiger partial charge in [-0.25, -0.2) is 4.79 Å². The van der Waals surface area contributed by atoms with Crippen LogP contribution in [0.15, 0.2) is 47.6 Å². The Bertz CT molecular complexity index is 1230. The predicted octanol–water partition coefficient (Wildman–Crippen LogP) is 11.3. The predicted molar refractivity (Wildman–Crippen MR) is 199 cm³/mol. The highest BCUT2D eigenvalue weighted by atomic mass is 28.4. The number of cyclic esters (lactones) is 1. The standard InChI is InChI=1S/C40H68O4Si2/c1-26(23-32-24-27(2)37(41)42-32)33-20-21-34-30(17-16-22-40(33,34)11)18-19-31-25-35(43-45(12,13)38(5,6)7)29(4)36(28(31)3)44-46(14,15)39(8,9)10/h18-19,26,29,32-36H,2-3,16-17,20-25H2,1,4-15H3/b30-18+,31-19-/t26-,29+,32+,33-,34+,35-,36-,40-/m1/s1. The van der Waals surface area contributed by atoms with Crippen molar-refractivity contribution >= 4 is 22.6 Å². The molecule has 0 N–H and O–H groups in total. The molecule has 0 aromatic carbocycles. The molecular weight excluding hydrogens is 601 g/mol. The van der Waals surface area contributed by atoms with Gasteiger partial charge in [-0.2, -0.15) is 0 Å². The first-order chi connectivity index (χ1) is 21.0. The number of fused-ring (bicyclic) bond motifs is 1. The third kappa shape index (κ3) is 7.50. The van der Waals surface area contributed by atoms with Crippen LogP contribution in [0.5, 0.6) is 0 Å². The van der Waals surface area contributed by atoms with Gasteiger partial charge in [0.15, 0.2) is 16.6 Å². The highest BCUT2D eigenvalue weighted by molar-refractivity contribution is 6.74. The molecule has 4 nitrogen and oxygen atoms in total. The summed E-state index contributed by atoms with van der Waals surface area (Å²) >= 11 is 0. The number of rotatable bonds is 8. The van der Waals surface area contributed by atoms with Crippen LogP contribution in [0.25, 0.3) is 0 Å². The van der Waals surface area contributed by atoms with Gasteiger partial charge in [0.1, 0.15) is 6.10 Å². The van der Waals surface area contributed by atoms with Gasteiger partial charge in [-0.15, -0.1) is 0 Å². The average Bonchev–Trinajstić information content (AvgIpc) is 3.43. The Balaban J connectivity index is 1.60. The van der Waals surface area contributed by atoms with Crippen LogP contribution in [0.3, 0.4) is 0 Å². The topological polar surface area (TPSA) is 44.8 Å². The fourth-order valence-electron chi connectivity index (χ4n) is 8.55. The molecule has 3 saturated carbocycles. The molecule has 46 heavy (non-hydrogen) atoms. The molecule has 8 atom stereocenters. The minimum Gasteiger partial charge on any atom is -0.459 e. The molecule has 1 aliphatic heterocycles. The Hall–Kier alpha value is -1.22. The summed E-state index contributed by atoms with van der Waals surface area (Å²) < 4.78 is 20.0. The lowest BCUT2D eigenvalue weighted by atomic mass is 9.60. The van der Waals surface area contributed by atoms with Crippen molar-refractivity contribution in [2.75, 3.05) is 0 Å². The largest absolute Gasteiger partial charge is 0.459 e. The van der Waals surface area contributed by atoms with Gasteiger partial charge in [0, 0.05) is 17.9 Å². The van der Waals surface area contributed by atoms with E-state index in [4.69, 9.17) is 20.2 Å². The lowest BCUT2D eigenvalue weighted by Crippen LogP contribution is -2.53. The molecule has 0 radical (unpaired) electrons. The van der Waals surface area contributed by atoms with Crippen molar-refractivity contribution in [2.24, 2.45) is 29.1 Å². The van der Waals surface area contributed by atoms with Crippen molar-refractivity contribution in [3.8, 4) is 0 Å². The second-order valence-corrected chi connectivity index (χ2v) is 28.4. The summed E-state index contributed by atoms with van der Waals surface area (Å²) in [6.45, 7) is 39.4. The second-order valence-electron chi connectivity index (χ2n) is 18.9. The third-order valence-corrected chi connectivity index (χ3v) is 22.6. The Morgan fingerprint density at radius 3 is 2.15 bits per heavy atom. The minimum atomic E-state index is -2.03. The normalized spacial score (nSPS) is 35.5. The van der Waals surface area contributed by atoms with E-state index in [2.05, 4.69) is 107 Å². The highest BCUT2D eigenvalue weighted by Gasteiger charge is 2.52. The molecule has 0 unspecified atom stereocenters. The van der Waals surface area contributed by atoms with Crippen LogP contribution in [-0.4, -0.2) is 40.9 Å². The first kappa shape index (κ1) is 37.6. The summed E-state index contributed by atoms with van der Waals surface area (Å²) in [5, 5.41) is 0.279. The van der Waals surface area contributed by atoms with Crippen LogP contribution in [0, 0.1) is 29.1 Å². The lowest BCUT2D eigenvalue weighted by Gasteiger charge is -2.48. The third-order valence-electron chi connectivity index (χ3n) is 13.6. The molecule has 0 amide bonds. The molecule has 6 heteroatoms. The van der Waals surface area contributed by atoms with Gasteiger partial charge in [-0.1, -0.05) is 93.2 Å². The van der Waals surface area contributed by atoms with Crippen molar-refractivity contribution in [3.63, 3.8) is 0 Å². The maximum Gasteiger partial charge on any atom is 0.333 e. The Labute approximate surface area is 285 Å². The van der Waals surface area contributed by atoms with E-state index in [-0.39, 0.29) is 40.3 Å². The van der Waals surface area contributed by atoms with E-state index in [0.717, 1.165) is 18.4 Å². The highest BCUT2D eigenvalue weighted by Crippen LogP contribution is 2.60. The fraction of sp³-hybridized carbons (Fsp3) is 0.775. The first-order valence-electron chi connectivity index (χ1n) is 18.3. The summed E-state index contributed by atoms with van der Waals surface area (Å²) in [5.74, 6) is 1.85. The number of carbonyl (C=O) groups excluding carboxylic acids is 1. The number of carbonyl (C=O) groups is 1. The van der Waals surface area contributed by atoms with Gasteiger partial charge in [0.25, 0.3) is 0 Å². The summed E-state index contributed by atoms with van der Waals surface area (Å²) in [6.07, 6.45) is 13.8. The molecule has 4 aliphatic rings. The maximum atomic E-state index is 12.0. The zero-order chi connectivity index (χ0) is 34.6. The lowest BCUT2D eigenvalue weighted by molar-refractivity contribution is -0.139. The van der Waals surface area contributed by atoms with E-state index in [1.54, 1.807) is 5.57 Å². The van der Waals surface area contributed by atoms with Gasteiger partial charge in [-0.3, -0.25) is 0 Å². The molecule has 0 bridgehead atoms. The number of esters is 1. The van der Waals surface area contributed by atoms with Gasteiger partial charge in [-0.05, 0) is 116 Å². The number of hydrogen-bond donors (Lipinski definition) is 0. The molecule has 0 aromatic heterocycles. The number of ether oxygens (including phenoxy) is 1. The minimum absolute atomic E-state index is 0.00339. The fourth-order valence-corrected chi connectivity index (χ4v) is 11.3. The van der Waals surface area contributed by atoms with Gasteiger partial charge < -0.3 is 13.6 Å². The van der Waals surface area contributed by atoms with E-state index in [1.165, 1.54) is 37.7 Å². The molecule has 260 valence electrons. The van der Waals surface area contributed by atoms with E-state index in [0.29, 0.717) is 35.2 Å². The SMILES string of the molecule is C=C1C[C@H](C[C@@H](C)[C@H]2CC[C@H]3/C(=C/C=C4/C[C@@H](O[Si](C)(C)C(C)(C)C)[C@H](C)[C@H](O[Si](C)(C)C(C)(C)C)C4=C)CCC[C@]23C)OC1=O. The van der Waals surface area contributed by atoms with Crippen LogP contribution in [0.1, 0.15) is 114 Å². The van der Waals surface area contributed by atoms with Gasteiger partial charge >= 0.3 is 5.97 Å². The quantitative estimate of drug-likeness (QED) is 0.147. The van der Waals surface area contributed by atoms with E-state index < -0.39 is 16.6 Å². The van der Waals surface area contributed by atoms with Crippen molar-refractivity contribution in [2.45, 2.75) is 168 Å². The molecule has 1 saturated heterocycles. The molecule has 3 aliphatic carbocycles. The van der Waals surface area contributed by atoms with E-state index >= 15 is 0 Å². The molecule has 1 heterocycles. The Kier molecular flexibility index (Phi) is 10.8. The molecular formula is C40H68O4Si2.